The van der Waals surface area contributed by atoms with E-state index in [4.69, 9.17) is 4.74 Å². The lowest BCUT2D eigenvalue weighted by atomic mass is 10.2. The molecule has 2 saturated heterocycles. The summed E-state index contributed by atoms with van der Waals surface area (Å²) in [4.78, 5) is 31.6. The molecule has 2 atom stereocenters. The average Bonchev–Trinajstić information content (AvgIpc) is 3.08. The molecule has 24 heavy (non-hydrogen) atoms. The third kappa shape index (κ3) is 4.15. The zero-order valence-corrected chi connectivity index (χ0v) is 15.1. The Morgan fingerprint density at radius 1 is 1.12 bits per heavy atom. The van der Waals surface area contributed by atoms with Crippen LogP contribution in [0.2, 0.25) is 0 Å². The summed E-state index contributed by atoms with van der Waals surface area (Å²) >= 11 is 1.48. The van der Waals surface area contributed by atoms with Gasteiger partial charge in [-0.1, -0.05) is 6.07 Å². The Hall–Kier alpha value is -1.44. The molecule has 0 radical (unpaired) electrons. The molecule has 0 bridgehead atoms. The van der Waals surface area contributed by atoms with Crippen LogP contribution in [0, 0.1) is 0 Å². The van der Waals surface area contributed by atoms with Gasteiger partial charge in [-0.3, -0.25) is 14.5 Å². The predicted molar refractivity (Wildman–Crippen MR) is 93.3 cm³/mol. The normalized spacial score (nSPS) is 25.8. The van der Waals surface area contributed by atoms with Gasteiger partial charge in [0, 0.05) is 39.3 Å². The maximum absolute atomic E-state index is 12.5. The van der Waals surface area contributed by atoms with Crippen molar-refractivity contribution >= 4 is 23.2 Å². The number of carbonyl (C=O) groups is 2. The first-order valence-electron chi connectivity index (χ1n) is 8.51. The lowest BCUT2D eigenvalue weighted by Crippen LogP contribution is -2.54. The van der Waals surface area contributed by atoms with E-state index >= 15 is 0 Å². The number of carbonyl (C=O) groups excluding carboxylic acids is 2. The fourth-order valence-corrected chi connectivity index (χ4v) is 4.03. The highest BCUT2D eigenvalue weighted by Gasteiger charge is 2.28. The van der Waals surface area contributed by atoms with Crippen LogP contribution in [0.1, 0.15) is 23.5 Å². The number of morpholine rings is 1. The van der Waals surface area contributed by atoms with Crippen molar-refractivity contribution in [1.29, 1.82) is 0 Å². The summed E-state index contributed by atoms with van der Waals surface area (Å²) in [5.74, 6) is 0.266. The summed E-state index contributed by atoms with van der Waals surface area (Å²) in [6.45, 7) is 8.63. The zero-order chi connectivity index (χ0) is 17.1. The standard InChI is InChI=1S/C17H25N3O3S/c1-13-10-20(11-14(2)23-13)16(21)12-18-5-7-19(8-6-18)17(22)15-4-3-9-24-15/h3-4,9,13-14H,5-8,10-12H2,1-2H3. The van der Waals surface area contributed by atoms with Crippen molar-refractivity contribution in [2.75, 3.05) is 45.8 Å². The Kier molecular flexibility index (Phi) is 5.53. The van der Waals surface area contributed by atoms with Crippen LogP contribution in [0.15, 0.2) is 17.5 Å². The molecule has 0 saturated carbocycles. The first-order chi connectivity index (χ1) is 11.5. The number of ether oxygens (including phenoxy) is 1. The zero-order valence-electron chi connectivity index (χ0n) is 14.3. The fourth-order valence-electron chi connectivity index (χ4n) is 3.34. The van der Waals surface area contributed by atoms with Crippen LogP contribution in [-0.4, -0.2) is 84.5 Å². The molecule has 6 nitrogen and oxygen atoms in total. The second kappa shape index (κ2) is 7.63. The van der Waals surface area contributed by atoms with Gasteiger partial charge >= 0.3 is 0 Å². The lowest BCUT2D eigenvalue weighted by molar-refractivity contribution is -0.144. The van der Waals surface area contributed by atoms with Gasteiger partial charge in [0.15, 0.2) is 0 Å². The van der Waals surface area contributed by atoms with E-state index in [1.54, 1.807) is 0 Å². The highest BCUT2D eigenvalue weighted by molar-refractivity contribution is 7.12. The Morgan fingerprint density at radius 3 is 2.38 bits per heavy atom. The summed E-state index contributed by atoms with van der Waals surface area (Å²) in [5, 5.41) is 1.92. The van der Waals surface area contributed by atoms with Gasteiger partial charge in [-0.15, -0.1) is 11.3 Å². The Bertz CT molecular complexity index is 560. The van der Waals surface area contributed by atoms with Gasteiger partial charge in [-0.2, -0.15) is 0 Å². The minimum Gasteiger partial charge on any atom is -0.372 e. The fraction of sp³-hybridized carbons (Fsp3) is 0.647. The van der Waals surface area contributed by atoms with E-state index in [-0.39, 0.29) is 24.0 Å². The largest absolute Gasteiger partial charge is 0.372 e. The van der Waals surface area contributed by atoms with E-state index in [2.05, 4.69) is 4.90 Å². The van der Waals surface area contributed by atoms with Gasteiger partial charge in [0.1, 0.15) is 0 Å². The minimum atomic E-state index is 0.0953. The summed E-state index contributed by atoms with van der Waals surface area (Å²) in [6, 6.07) is 3.76. The van der Waals surface area contributed by atoms with E-state index in [1.165, 1.54) is 11.3 Å². The van der Waals surface area contributed by atoms with Gasteiger partial charge in [0.2, 0.25) is 5.91 Å². The molecule has 2 amide bonds. The molecule has 132 valence electrons. The van der Waals surface area contributed by atoms with Gasteiger partial charge in [0.25, 0.3) is 5.91 Å². The second-order valence-corrected chi connectivity index (χ2v) is 7.55. The Morgan fingerprint density at radius 2 is 1.79 bits per heavy atom. The van der Waals surface area contributed by atoms with Crippen LogP contribution in [0.25, 0.3) is 0 Å². The van der Waals surface area contributed by atoms with Crippen LogP contribution < -0.4 is 0 Å². The molecular weight excluding hydrogens is 326 g/mol. The van der Waals surface area contributed by atoms with Crippen molar-refractivity contribution < 1.29 is 14.3 Å². The predicted octanol–water partition coefficient (Wildman–Crippen LogP) is 1.14. The molecule has 2 aliphatic heterocycles. The molecule has 1 aromatic heterocycles. The number of thiophene rings is 1. The highest BCUT2D eigenvalue weighted by Crippen LogP contribution is 2.15. The van der Waals surface area contributed by atoms with Crippen molar-refractivity contribution in [2.24, 2.45) is 0 Å². The van der Waals surface area contributed by atoms with E-state index in [9.17, 15) is 9.59 Å². The monoisotopic (exact) mass is 351 g/mol. The molecule has 0 N–H and O–H groups in total. The van der Waals surface area contributed by atoms with Crippen LogP contribution >= 0.6 is 11.3 Å². The summed E-state index contributed by atoms with van der Waals surface area (Å²) < 4.78 is 5.68. The van der Waals surface area contributed by atoms with Crippen molar-refractivity contribution in [3.63, 3.8) is 0 Å². The summed E-state index contributed by atoms with van der Waals surface area (Å²) in [7, 11) is 0. The maximum Gasteiger partial charge on any atom is 0.264 e. The average molecular weight is 351 g/mol. The van der Waals surface area contributed by atoms with Crippen molar-refractivity contribution in [3.8, 4) is 0 Å². The molecule has 3 heterocycles. The van der Waals surface area contributed by atoms with Gasteiger partial charge < -0.3 is 14.5 Å². The first-order valence-corrected chi connectivity index (χ1v) is 9.39. The van der Waals surface area contributed by atoms with E-state index < -0.39 is 0 Å². The van der Waals surface area contributed by atoms with Crippen molar-refractivity contribution in [1.82, 2.24) is 14.7 Å². The molecule has 0 aromatic carbocycles. The first kappa shape index (κ1) is 17.4. The smallest absolute Gasteiger partial charge is 0.264 e. The molecule has 2 unspecified atom stereocenters. The van der Waals surface area contributed by atoms with Gasteiger partial charge in [0.05, 0.1) is 23.6 Å². The maximum atomic E-state index is 12.5. The van der Waals surface area contributed by atoms with Gasteiger partial charge in [-0.05, 0) is 25.3 Å². The number of hydrogen-bond donors (Lipinski definition) is 0. The second-order valence-electron chi connectivity index (χ2n) is 6.60. The van der Waals surface area contributed by atoms with Crippen LogP contribution in [0.5, 0.6) is 0 Å². The van der Waals surface area contributed by atoms with Crippen LogP contribution in [0.4, 0.5) is 0 Å². The third-order valence-corrected chi connectivity index (χ3v) is 5.38. The summed E-state index contributed by atoms with van der Waals surface area (Å²) in [5.41, 5.74) is 0. The molecule has 0 spiro atoms. The molecule has 2 aliphatic rings. The van der Waals surface area contributed by atoms with Crippen LogP contribution in [-0.2, 0) is 9.53 Å². The van der Waals surface area contributed by atoms with Gasteiger partial charge in [-0.25, -0.2) is 0 Å². The Labute approximate surface area is 147 Å². The topological polar surface area (TPSA) is 53.1 Å². The number of rotatable bonds is 3. The van der Waals surface area contributed by atoms with Crippen molar-refractivity contribution in [3.05, 3.63) is 22.4 Å². The number of nitrogens with zero attached hydrogens (tertiary/aromatic N) is 3. The third-order valence-electron chi connectivity index (χ3n) is 4.52. The van der Waals surface area contributed by atoms with Crippen LogP contribution in [0.3, 0.4) is 0 Å². The molecule has 7 heteroatoms. The molecule has 3 rings (SSSR count). The highest BCUT2D eigenvalue weighted by atomic mass is 32.1. The molecule has 0 aliphatic carbocycles. The molecule has 1 aromatic rings. The van der Waals surface area contributed by atoms with E-state index in [0.717, 1.165) is 18.0 Å². The molecular formula is C17H25N3O3S. The van der Waals surface area contributed by atoms with E-state index in [1.807, 2.05) is 41.2 Å². The van der Waals surface area contributed by atoms with E-state index in [0.29, 0.717) is 32.7 Å². The number of amides is 2. The van der Waals surface area contributed by atoms with Crippen molar-refractivity contribution in [2.45, 2.75) is 26.1 Å². The summed E-state index contributed by atoms with van der Waals surface area (Å²) in [6.07, 6.45) is 0.191. The number of hydrogen-bond acceptors (Lipinski definition) is 5. The SMILES string of the molecule is CC1CN(C(=O)CN2CCN(C(=O)c3cccs3)CC2)CC(C)O1. The molecule has 2 fully saturated rings. The quantitative estimate of drug-likeness (QED) is 0.820. The number of piperazine rings is 1. The Balaban J connectivity index is 1.47. The lowest BCUT2D eigenvalue weighted by Gasteiger charge is -2.38. The minimum absolute atomic E-state index is 0.0953.